The highest BCUT2D eigenvalue weighted by atomic mass is 19.1. The van der Waals surface area contributed by atoms with E-state index in [2.05, 4.69) is 17.2 Å². The number of hydrogen-bond donors (Lipinski definition) is 1. The SMILES string of the molecule is CC#CC(=O)N[C@H]1CCCN(c2cc(C)ccc2F)C1. The predicted molar refractivity (Wildman–Crippen MR) is 78.0 cm³/mol. The van der Waals surface area contributed by atoms with Gasteiger partial charge in [0.1, 0.15) is 5.82 Å². The van der Waals surface area contributed by atoms with Gasteiger partial charge in [0.25, 0.3) is 5.91 Å². The van der Waals surface area contributed by atoms with Gasteiger partial charge in [-0.25, -0.2) is 4.39 Å². The van der Waals surface area contributed by atoms with Crippen LogP contribution in [0.5, 0.6) is 0 Å². The van der Waals surface area contributed by atoms with E-state index in [4.69, 9.17) is 0 Å². The monoisotopic (exact) mass is 274 g/mol. The van der Waals surface area contributed by atoms with Crippen LogP contribution in [0.3, 0.4) is 0 Å². The topological polar surface area (TPSA) is 32.3 Å². The van der Waals surface area contributed by atoms with E-state index in [1.165, 1.54) is 6.07 Å². The molecule has 1 amide bonds. The lowest BCUT2D eigenvalue weighted by atomic mass is 10.0. The van der Waals surface area contributed by atoms with Crippen molar-refractivity contribution in [2.45, 2.75) is 32.7 Å². The van der Waals surface area contributed by atoms with Crippen molar-refractivity contribution in [2.75, 3.05) is 18.0 Å². The lowest BCUT2D eigenvalue weighted by molar-refractivity contribution is -0.116. The van der Waals surface area contributed by atoms with Crippen molar-refractivity contribution < 1.29 is 9.18 Å². The average Bonchev–Trinajstić information content (AvgIpc) is 2.42. The Bertz CT molecular complexity index is 559. The maximum Gasteiger partial charge on any atom is 0.296 e. The lowest BCUT2D eigenvalue weighted by Crippen LogP contribution is -2.47. The fourth-order valence-electron chi connectivity index (χ4n) is 2.51. The molecule has 1 fully saturated rings. The van der Waals surface area contributed by atoms with Crippen LogP contribution in [0.25, 0.3) is 0 Å². The van der Waals surface area contributed by atoms with E-state index in [1.54, 1.807) is 13.0 Å². The Labute approximate surface area is 119 Å². The second kappa shape index (κ2) is 6.42. The molecule has 20 heavy (non-hydrogen) atoms. The van der Waals surface area contributed by atoms with Crippen LogP contribution >= 0.6 is 0 Å². The number of amides is 1. The van der Waals surface area contributed by atoms with Crippen molar-refractivity contribution in [2.24, 2.45) is 0 Å². The Kier molecular flexibility index (Phi) is 4.62. The first-order valence-electron chi connectivity index (χ1n) is 6.84. The van der Waals surface area contributed by atoms with Crippen molar-refractivity contribution in [1.29, 1.82) is 0 Å². The molecule has 0 saturated carbocycles. The van der Waals surface area contributed by atoms with Crippen molar-refractivity contribution >= 4 is 11.6 Å². The first-order valence-corrected chi connectivity index (χ1v) is 6.84. The summed E-state index contributed by atoms with van der Waals surface area (Å²) in [5, 5.41) is 2.88. The fourth-order valence-corrected chi connectivity index (χ4v) is 2.51. The van der Waals surface area contributed by atoms with E-state index >= 15 is 0 Å². The van der Waals surface area contributed by atoms with Gasteiger partial charge in [0.2, 0.25) is 0 Å². The molecule has 0 aromatic heterocycles. The van der Waals surface area contributed by atoms with Crippen LogP contribution in [0.1, 0.15) is 25.3 Å². The highest BCUT2D eigenvalue weighted by Gasteiger charge is 2.22. The molecule has 0 spiro atoms. The number of aryl methyl sites for hydroxylation is 1. The van der Waals surface area contributed by atoms with E-state index < -0.39 is 0 Å². The van der Waals surface area contributed by atoms with E-state index in [0.717, 1.165) is 24.9 Å². The molecule has 1 heterocycles. The van der Waals surface area contributed by atoms with Crippen LogP contribution in [0.15, 0.2) is 18.2 Å². The number of hydrogen-bond acceptors (Lipinski definition) is 2. The summed E-state index contributed by atoms with van der Waals surface area (Å²) >= 11 is 0. The van der Waals surface area contributed by atoms with Crippen LogP contribution in [0.4, 0.5) is 10.1 Å². The normalized spacial score (nSPS) is 18.1. The van der Waals surface area contributed by atoms with Crippen molar-refractivity contribution in [3.8, 4) is 11.8 Å². The van der Waals surface area contributed by atoms with Crippen molar-refractivity contribution in [3.63, 3.8) is 0 Å². The molecule has 4 heteroatoms. The zero-order valence-electron chi connectivity index (χ0n) is 11.9. The van der Waals surface area contributed by atoms with Gasteiger partial charge in [0.05, 0.1) is 5.69 Å². The summed E-state index contributed by atoms with van der Waals surface area (Å²) < 4.78 is 13.9. The van der Waals surface area contributed by atoms with Crippen molar-refractivity contribution in [3.05, 3.63) is 29.6 Å². The molecule has 1 atom stereocenters. The zero-order valence-corrected chi connectivity index (χ0v) is 11.9. The molecule has 1 aromatic carbocycles. The number of nitrogens with one attached hydrogen (secondary N) is 1. The lowest BCUT2D eigenvalue weighted by Gasteiger charge is -2.34. The number of anilines is 1. The number of rotatable bonds is 2. The average molecular weight is 274 g/mol. The number of benzene rings is 1. The maximum atomic E-state index is 13.9. The number of nitrogens with zero attached hydrogens (tertiary/aromatic N) is 1. The van der Waals surface area contributed by atoms with Gasteiger partial charge in [0.15, 0.2) is 0 Å². The Morgan fingerprint density at radius 1 is 1.50 bits per heavy atom. The van der Waals surface area contributed by atoms with Crippen LogP contribution in [-0.2, 0) is 4.79 Å². The summed E-state index contributed by atoms with van der Waals surface area (Å²) in [6, 6.07) is 5.14. The second-order valence-corrected chi connectivity index (χ2v) is 5.09. The summed E-state index contributed by atoms with van der Waals surface area (Å²) in [7, 11) is 0. The summed E-state index contributed by atoms with van der Waals surface area (Å²) in [6.45, 7) is 5.02. The zero-order chi connectivity index (χ0) is 14.5. The third-order valence-electron chi connectivity index (χ3n) is 3.44. The van der Waals surface area contributed by atoms with Gasteiger partial charge in [-0.3, -0.25) is 4.79 Å². The molecular formula is C16H19FN2O. The third kappa shape index (κ3) is 3.51. The molecule has 0 unspecified atom stereocenters. The summed E-state index contributed by atoms with van der Waals surface area (Å²) in [4.78, 5) is 13.5. The predicted octanol–water partition coefficient (Wildman–Crippen LogP) is 2.24. The van der Waals surface area contributed by atoms with Crippen LogP contribution < -0.4 is 10.2 Å². The van der Waals surface area contributed by atoms with Gasteiger partial charge in [0, 0.05) is 19.1 Å². The molecule has 2 rings (SSSR count). The second-order valence-electron chi connectivity index (χ2n) is 5.09. The smallest absolute Gasteiger partial charge is 0.296 e. The molecule has 106 valence electrons. The van der Waals surface area contributed by atoms with Gasteiger partial charge in [-0.15, -0.1) is 0 Å². The van der Waals surface area contributed by atoms with Crippen molar-refractivity contribution in [1.82, 2.24) is 5.32 Å². The number of carbonyl (C=O) groups is 1. The fraction of sp³-hybridized carbons (Fsp3) is 0.438. The Morgan fingerprint density at radius 3 is 3.05 bits per heavy atom. The molecule has 1 aliphatic rings. The largest absolute Gasteiger partial charge is 0.367 e. The minimum atomic E-state index is -0.260. The van der Waals surface area contributed by atoms with Gasteiger partial charge >= 0.3 is 0 Å². The van der Waals surface area contributed by atoms with Gasteiger partial charge in [-0.2, -0.15) is 0 Å². The number of carbonyl (C=O) groups excluding carboxylic acids is 1. The highest BCUT2D eigenvalue weighted by Crippen LogP contribution is 2.24. The minimum Gasteiger partial charge on any atom is -0.367 e. The van der Waals surface area contributed by atoms with E-state index in [0.29, 0.717) is 12.2 Å². The molecular weight excluding hydrogens is 255 g/mol. The molecule has 0 bridgehead atoms. The van der Waals surface area contributed by atoms with E-state index in [-0.39, 0.29) is 17.8 Å². The third-order valence-corrected chi connectivity index (χ3v) is 3.44. The van der Waals surface area contributed by atoms with Crippen LogP contribution in [0.2, 0.25) is 0 Å². The maximum absolute atomic E-state index is 13.9. The quantitative estimate of drug-likeness (QED) is 0.839. The molecule has 1 N–H and O–H groups in total. The Hall–Kier alpha value is -2.02. The van der Waals surface area contributed by atoms with Crippen LogP contribution in [0, 0.1) is 24.6 Å². The van der Waals surface area contributed by atoms with E-state index in [9.17, 15) is 9.18 Å². The van der Waals surface area contributed by atoms with Gasteiger partial charge in [-0.1, -0.05) is 12.0 Å². The summed E-state index contributed by atoms with van der Waals surface area (Å²) in [5.74, 6) is 4.58. The molecule has 1 aliphatic heterocycles. The molecule has 3 nitrogen and oxygen atoms in total. The standard InChI is InChI=1S/C16H19FN2O/c1-3-5-16(20)18-13-6-4-9-19(11-13)15-10-12(2)7-8-14(15)17/h7-8,10,13H,4,6,9,11H2,1-2H3,(H,18,20)/t13-/m0/s1. The summed E-state index contributed by atoms with van der Waals surface area (Å²) in [5.41, 5.74) is 1.65. The number of halogens is 1. The van der Waals surface area contributed by atoms with Gasteiger partial charge in [-0.05, 0) is 50.3 Å². The first-order chi connectivity index (χ1) is 9.60. The molecule has 0 radical (unpaired) electrons. The molecule has 0 aliphatic carbocycles. The Balaban J connectivity index is 2.08. The van der Waals surface area contributed by atoms with E-state index in [1.807, 2.05) is 17.9 Å². The van der Waals surface area contributed by atoms with Crippen LogP contribution in [-0.4, -0.2) is 25.0 Å². The van der Waals surface area contributed by atoms with Gasteiger partial charge < -0.3 is 10.2 Å². The first kappa shape index (κ1) is 14.4. The highest BCUT2D eigenvalue weighted by molar-refractivity contribution is 5.93. The number of piperidine rings is 1. The molecule has 1 aromatic rings. The summed E-state index contributed by atoms with van der Waals surface area (Å²) in [6.07, 6.45) is 1.83. The molecule has 1 saturated heterocycles. The Morgan fingerprint density at radius 2 is 2.30 bits per heavy atom. The minimum absolute atomic E-state index is 0.0250.